The van der Waals surface area contributed by atoms with Gasteiger partial charge in [0, 0.05) is 24.7 Å². The molecule has 2 aromatic rings. The molecule has 0 bridgehead atoms. The summed E-state index contributed by atoms with van der Waals surface area (Å²) in [5.74, 6) is 0.648. The van der Waals surface area contributed by atoms with Crippen molar-refractivity contribution in [2.24, 2.45) is 0 Å². The van der Waals surface area contributed by atoms with Gasteiger partial charge in [-0.15, -0.1) is 5.10 Å². The van der Waals surface area contributed by atoms with Gasteiger partial charge in [-0.2, -0.15) is 0 Å². The number of carbonyl (C=O) groups excluding carboxylic acids is 1. The molecule has 0 fully saturated rings. The lowest BCUT2D eigenvalue weighted by Crippen LogP contribution is -2.31. The molecule has 0 spiro atoms. The van der Waals surface area contributed by atoms with Crippen LogP contribution in [0.4, 0.5) is 5.69 Å². The number of carbonyl (C=O) groups is 1. The topological polar surface area (TPSA) is 82.1 Å². The summed E-state index contributed by atoms with van der Waals surface area (Å²) in [5.41, 5.74) is 0.621. The second kappa shape index (κ2) is 5.51. The van der Waals surface area contributed by atoms with E-state index in [-0.39, 0.29) is 17.5 Å². The maximum Gasteiger partial charge on any atom is 0.297 e. The highest BCUT2D eigenvalue weighted by Gasteiger charge is 2.20. The summed E-state index contributed by atoms with van der Waals surface area (Å²) >= 11 is 0. The van der Waals surface area contributed by atoms with Crippen LogP contribution in [0.25, 0.3) is 0 Å². The first-order valence-corrected chi connectivity index (χ1v) is 6.17. The Hall–Kier alpha value is -2.37. The van der Waals surface area contributed by atoms with E-state index in [2.05, 4.69) is 15.2 Å². The Morgan fingerprint density at radius 3 is 2.79 bits per heavy atom. The Labute approximate surface area is 111 Å². The van der Waals surface area contributed by atoms with Crippen molar-refractivity contribution >= 4 is 11.6 Å². The van der Waals surface area contributed by atoms with Gasteiger partial charge in [0.1, 0.15) is 11.6 Å². The molecule has 0 radical (unpaired) electrons. The van der Waals surface area contributed by atoms with Crippen LogP contribution in [-0.2, 0) is 6.42 Å². The zero-order valence-corrected chi connectivity index (χ0v) is 10.9. The van der Waals surface area contributed by atoms with E-state index in [1.165, 1.54) is 11.0 Å². The third-order valence-electron chi connectivity index (χ3n) is 2.76. The van der Waals surface area contributed by atoms with E-state index >= 15 is 0 Å². The fraction of sp³-hybridized carbons (Fsp3) is 0.308. The first-order valence-electron chi connectivity index (χ1n) is 6.17. The molecule has 2 N–H and O–H groups in total. The molecule has 19 heavy (non-hydrogen) atoms. The van der Waals surface area contributed by atoms with E-state index < -0.39 is 0 Å². The molecule has 0 atom stereocenters. The Balaban J connectivity index is 2.29. The number of rotatable bonds is 4. The Kier molecular flexibility index (Phi) is 3.79. The van der Waals surface area contributed by atoms with Crippen molar-refractivity contribution in [3.05, 3.63) is 35.9 Å². The average Bonchev–Trinajstić information content (AvgIpc) is 2.88. The Morgan fingerprint density at radius 2 is 2.21 bits per heavy atom. The predicted molar refractivity (Wildman–Crippen MR) is 71.2 cm³/mol. The number of hydrogen-bond donors (Lipinski definition) is 2. The van der Waals surface area contributed by atoms with Crippen LogP contribution in [0.2, 0.25) is 0 Å². The van der Waals surface area contributed by atoms with E-state index in [4.69, 9.17) is 0 Å². The maximum absolute atomic E-state index is 12.3. The molecule has 0 saturated carbocycles. The van der Waals surface area contributed by atoms with Crippen molar-refractivity contribution < 1.29 is 9.90 Å². The minimum atomic E-state index is -0.288. The van der Waals surface area contributed by atoms with Gasteiger partial charge in [-0.3, -0.25) is 9.89 Å². The Morgan fingerprint density at radius 1 is 1.42 bits per heavy atom. The third kappa shape index (κ3) is 2.73. The number of phenols is 1. The maximum atomic E-state index is 12.3. The van der Waals surface area contributed by atoms with Gasteiger partial charge in [-0.1, -0.05) is 13.0 Å². The molecule has 0 saturated heterocycles. The van der Waals surface area contributed by atoms with Crippen molar-refractivity contribution in [2.45, 2.75) is 20.3 Å². The summed E-state index contributed by atoms with van der Waals surface area (Å²) in [4.78, 5) is 18.0. The number of anilines is 1. The zero-order valence-electron chi connectivity index (χ0n) is 10.9. The fourth-order valence-corrected chi connectivity index (χ4v) is 1.77. The third-order valence-corrected chi connectivity index (χ3v) is 2.76. The first kappa shape index (κ1) is 13.1. The summed E-state index contributed by atoms with van der Waals surface area (Å²) in [6.45, 7) is 4.26. The number of aryl methyl sites for hydroxylation is 1. The highest BCUT2D eigenvalue weighted by atomic mass is 16.3. The number of H-pyrrole nitrogens is 1. The molecule has 1 amide bonds. The summed E-state index contributed by atoms with van der Waals surface area (Å²) in [6, 6.07) is 6.54. The minimum absolute atomic E-state index is 0.119. The second-order valence-electron chi connectivity index (χ2n) is 4.03. The second-order valence-corrected chi connectivity index (χ2v) is 4.03. The molecule has 6 nitrogen and oxygen atoms in total. The van der Waals surface area contributed by atoms with Crippen LogP contribution in [0.5, 0.6) is 5.75 Å². The van der Waals surface area contributed by atoms with Crippen molar-refractivity contribution in [2.75, 3.05) is 11.4 Å². The van der Waals surface area contributed by atoms with Crippen molar-refractivity contribution in [1.29, 1.82) is 0 Å². The van der Waals surface area contributed by atoms with Crippen LogP contribution >= 0.6 is 0 Å². The first-order chi connectivity index (χ1) is 9.15. The summed E-state index contributed by atoms with van der Waals surface area (Å²) in [6.07, 6.45) is 0.693. The van der Waals surface area contributed by atoms with Crippen LogP contribution < -0.4 is 4.90 Å². The SMILES string of the molecule is CCc1nc(C(=O)N(CC)c2cccc(O)c2)n[nH]1. The average molecular weight is 260 g/mol. The number of benzene rings is 1. The number of nitrogens with one attached hydrogen (secondary N) is 1. The smallest absolute Gasteiger partial charge is 0.297 e. The van der Waals surface area contributed by atoms with Crippen molar-refractivity contribution in [3.63, 3.8) is 0 Å². The molecular formula is C13H16N4O2. The van der Waals surface area contributed by atoms with Crippen LogP contribution in [0.15, 0.2) is 24.3 Å². The largest absolute Gasteiger partial charge is 0.508 e. The van der Waals surface area contributed by atoms with E-state index in [9.17, 15) is 9.90 Å². The van der Waals surface area contributed by atoms with Gasteiger partial charge in [-0.05, 0) is 19.1 Å². The number of aromatic hydroxyl groups is 1. The Bertz CT molecular complexity index is 580. The molecule has 0 aliphatic rings. The number of aromatic nitrogens is 3. The highest BCUT2D eigenvalue weighted by molar-refractivity contribution is 6.03. The quantitative estimate of drug-likeness (QED) is 0.877. The molecule has 1 heterocycles. The molecule has 0 aliphatic carbocycles. The number of hydrogen-bond acceptors (Lipinski definition) is 4. The molecule has 0 unspecified atom stereocenters. The van der Waals surface area contributed by atoms with E-state index in [0.717, 1.165) is 0 Å². The van der Waals surface area contributed by atoms with E-state index in [1.807, 2.05) is 13.8 Å². The highest BCUT2D eigenvalue weighted by Crippen LogP contribution is 2.21. The van der Waals surface area contributed by atoms with Gasteiger partial charge in [-0.25, -0.2) is 4.98 Å². The van der Waals surface area contributed by atoms with Crippen molar-refractivity contribution in [1.82, 2.24) is 15.2 Å². The van der Waals surface area contributed by atoms with Crippen LogP contribution in [-0.4, -0.2) is 32.7 Å². The van der Waals surface area contributed by atoms with Gasteiger partial charge in [0.2, 0.25) is 5.82 Å². The molecule has 1 aromatic carbocycles. The fourth-order valence-electron chi connectivity index (χ4n) is 1.77. The van der Waals surface area contributed by atoms with Crippen LogP contribution in [0.3, 0.4) is 0 Å². The molecular weight excluding hydrogens is 244 g/mol. The number of phenolic OH excluding ortho intramolecular Hbond substituents is 1. The summed E-state index contributed by atoms with van der Waals surface area (Å²) < 4.78 is 0. The van der Waals surface area contributed by atoms with E-state index in [1.54, 1.807) is 18.2 Å². The minimum Gasteiger partial charge on any atom is -0.508 e. The lowest BCUT2D eigenvalue weighted by Gasteiger charge is -2.19. The number of amides is 1. The lowest BCUT2D eigenvalue weighted by atomic mass is 10.2. The predicted octanol–water partition coefficient (Wildman–Crippen LogP) is 1.74. The molecule has 0 aliphatic heterocycles. The van der Waals surface area contributed by atoms with Gasteiger partial charge < -0.3 is 10.0 Å². The standard InChI is InChI=1S/C13H16N4O2/c1-3-11-14-12(16-15-11)13(19)17(4-2)9-6-5-7-10(18)8-9/h5-8,18H,3-4H2,1-2H3,(H,14,15,16). The normalized spacial score (nSPS) is 10.4. The summed E-state index contributed by atoms with van der Waals surface area (Å²) in [7, 11) is 0. The van der Waals surface area contributed by atoms with Crippen LogP contribution in [0, 0.1) is 0 Å². The molecule has 100 valence electrons. The molecule has 6 heteroatoms. The molecule has 2 rings (SSSR count). The monoisotopic (exact) mass is 260 g/mol. The lowest BCUT2D eigenvalue weighted by molar-refractivity contribution is 0.0978. The van der Waals surface area contributed by atoms with Gasteiger partial charge in [0.15, 0.2) is 0 Å². The van der Waals surface area contributed by atoms with Gasteiger partial charge in [0.05, 0.1) is 0 Å². The zero-order chi connectivity index (χ0) is 13.8. The van der Waals surface area contributed by atoms with E-state index in [0.29, 0.717) is 24.5 Å². The van der Waals surface area contributed by atoms with Gasteiger partial charge >= 0.3 is 0 Å². The van der Waals surface area contributed by atoms with Crippen molar-refractivity contribution in [3.8, 4) is 5.75 Å². The van der Waals surface area contributed by atoms with Crippen LogP contribution in [0.1, 0.15) is 30.3 Å². The summed E-state index contributed by atoms with van der Waals surface area (Å²) in [5, 5.41) is 16.1. The number of aromatic amines is 1. The van der Waals surface area contributed by atoms with Gasteiger partial charge in [0.25, 0.3) is 5.91 Å². The number of nitrogens with zero attached hydrogens (tertiary/aromatic N) is 3. The molecule has 1 aromatic heterocycles.